The second kappa shape index (κ2) is 5.07. The van der Waals surface area contributed by atoms with Crippen LogP contribution in [0.1, 0.15) is 52.9 Å². The Labute approximate surface area is 117 Å². The number of hydrogen-bond donors (Lipinski definition) is 1. The lowest BCUT2D eigenvalue weighted by molar-refractivity contribution is -0.131. The molecule has 1 heterocycles. The zero-order valence-corrected chi connectivity index (χ0v) is 12.9. The molecular weight excluding hydrogens is 242 g/mol. The molecule has 1 atom stereocenters. The third kappa shape index (κ3) is 3.23. The van der Waals surface area contributed by atoms with Crippen molar-refractivity contribution in [2.75, 3.05) is 18.8 Å². The number of carbonyl (C=O) groups excluding carboxylic acids is 1. The van der Waals surface area contributed by atoms with E-state index in [1.165, 1.54) is 12.8 Å². The highest BCUT2D eigenvalue weighted by molar-refractivity contribution is 7.80. The summed E-state index contributed by atoms with van der Waals surface area (Å²) in [5.74, 6) is 1.98. The van der Waals surface area contributed by atoms with Crippen molar-refractivity contribution in [3.05, 3.63) is 0 Å². The molecule has 0 spiro atoms. The average Bonchev–Trinajstić information content (AvgIpc) is 3.06. The van der Waals surface area contributed by atoms with Crippen molar-refractivity contribution in [2.24, 2.45) is 16.7 Å². The van der Waals surface area contributed by atoms with Crippen LogP contribution >= 0.6 is 12.6 Å². The summed E-state index contributed by atoms with van der Waals surface area (Å²) in [5, 5.41) is 0. The fraction of sp³-hybridized carbons (Fsp3) is 0.933. The molecule has 0 N–H and O–H groups in total. The highest BCUT2D eigenvalue weighted by Gasteiger charge is 2.44. The van der Waals surface area contributed by atoms with Gasteiger partial charge in [-0.15, -0.1) is 0 Å². The Morgan fingerprint density at radius 2 is 2.00 bits per heavy atom. The second-order valence-electron chi connectivity index (χ2n) is 7.36. The molecule has 1 amide bonds. The van der Waals surface area contributed by atoms with E-state index in [0.29, 0.717) is 22.7 Å². The van der Waals surface area contributed by atoms with Crippen LogP contribution in [0.4, 0.5) is 0 Å². The van der Waals surface area contributed by atoms with Crippen molar-refractivity contribution in [2.45, 2.75) is 52.9 Å². The molecule has 0 aromatic rings. The molecule has 2 nitrogen and oxygen atoms in total. The Kier molecular flexibility index (Phi) is 4.01. The van der Waals surface area contributed by atoms with Crippen molar-refractivity contribution in [3.8, 4) is 0 Å². The molecule has 1 saturated carbocycles. The zero-order valence-electron chi connectivity index (χ0n) is 12.0. The van der Waals surface area contributed by atoms with Gasteiger partial charge in [0.25, 0.3) is 0 Å². The molecule has 0 radical (unpaired) electrons. The maximum absolute atomic E-state index is 12.2. The summed E-state index contributed by atoms with van der Waals surface area (Å²) in [4.78, 5) is 14.3. The van der Waals surface area contributed by atoms with E-state index in [1.54, 1.807) is 0 Å². The Bertz CT molecular complexity index is 317. The van der Waals surface area contributed by atoms with Crippen molar-refractivity contribution in [3.63, 3.8) is 0 Å². The van der Waals surface area contributed by atoms with Gasteiger partial charge in [0.05, 0.1) is 0 Å². The van der Waals surface area contributed by atoms with Crippen molar-refractivity contribution in [1.29, 1.82) is 0 Å². The van der Waals surface area contributed by atoms with E-state index in [4.69, 9.17) is 0 Å². The number of amides is 1. The van der Waals surface area contributed by atoms with Gasteiger partial charge in [-0.1, -0.05) is 20.8 Å². The van der Waals surface area contributed by atoms with Gasteiger partial charge in [0.15, 0.2) is 0 Å². The largest absolute Gasteiger partial charge is 0.342 e. The minimum absolute atomic E-state index is 0.330. The van der Waals surface area contributed by atoms with Gasteiger partial charge < -0.3 is 4.90 Å². The lowest BCUT2D eigenvalue weighted by Gasteiger charge is -2.30. The topological polar surface area (TPSA) is 20.3 Å². The van der Waals surface area contributed by atoms with E-state index in [1.807, 2.05) is 0 Å². The average molecular weight is 269 g/mol. The SMILES string of the molecule is CC(C)(C)C1CCC(=O)N(CC2(CS)CC2)CC1. The second-order valence-corrected chi connectivity index (χ2v) is 7.68. The third-order valence-corrected chi connectivity index (χ3v) is 5.52. The van der Waals surface area contributed by atoms with Crippen LogP contribution in [0.2, 0.25) is 0 Å². The Morgan fingerprint density at radius 1 is 1.33 bits per heavy atom. The predicted molar refractivity (Wildman–Crippen MR) is 78.9 cm³/mol. The summed E-state index contributed by atoms with van der Waals surface area (Å²) in [6.45, 7) is 8.80. The van der Waals surface area contributed by atoms with Crippen LogP contribution in [0.3, 0.4) is 0 Å². The normalized spacial score (nSPS) is 28.1. The monoisotopic (exact) mass is 269 g/mol. The third-order valence-electron chi connectivity index (χ3n) is 4.85. The quantitative estimate of drug-likeness (QED) is 0.779. The fourth-order valence-corrected chi connectivity index (χ4v) is 3.43. The van der Waals surface area contributed by atoms with Crippen LogP contribution in [-0.4, -0.2) is 29.6 Å². The molecule has 2 fully saturated rings. The molecular formula is C15H27NOS. The van der Waals surface area contributed by atoms with Gasteiger partial charge in [-0.25, -0.2) is 0 Å². The highest BCUT2D eigenvalue weighted by atomic mass is 32.1. The summed E-state index contributed by atoms with van der Waals surface area (Å²) in [7, 11) is 0. The molecule has 3 heteroatoms. The molecule has 1 saturated heterocycles. The number of thiol groups is 1. The Morgan fingerprint density at radius 3 is 2.50 bits per heavy atom. The van der Waals surface area contributed by atoms with Crippen molar-refractivity contribution >= 4 is 18.5 Å². The molecule has 104 valence electrons. The van der Waals surface area contributed by atoms with Crippen molar-refractivity contribution < 1.29 is 4.79 Å². The molecule has 0 bridgehead atoms. The molecule has 1 unspecified atom stereocenters. The maximum atomic E-state index is 12.2. The summed E-state index contributed by atoms with van der Waals surface area (Å²) >= 11 is 4.45. The smallest absolute Gasteiger partial charge is 0.222 e. The standard InChI is InChI=1S/C15H27NOS/c1-14(2,3)12-4-5-13(17)16(9-6-12)10-15(11-18)7-8-15/h12,18H,4-11H2,1-3H3. The number of nitrogens with zero attached hydrogens (tertiary/aromatic N) is 1. The molecule has 0 aromatic heterocycles. The maximum Gasteiger partial charge on any atom is 0.222 e. The van der Waals surface area contributed by atoms with Crippen molar-refractivity contribution in [1.82, 2.24) is 4.90 Å². The van der Waals surface area contributed by atoms with E-state index in [9.17, 15) is 4.79 Å². The van der Waals surface area contributed by atoms with Gasteiger partial charge in [-0.05, 0) is 48.2 Å². The fourth-order valence-electron chi connectivity index (χ4n) is 3.02. The first-order valence-corrected chi connectivity index (χ1v) is 7.88. The Hall–Kier alpha value is -0.180. The van der Waals surface area contributed by atoms with Gasteiger partial charge in [0, 0.05) is 19.5 Å². The number of rotatable bonds is 3. The molecule has 2 aliphatic rings. The molecule has 2 rings (SSSR count). The van der Waals surface area contributed by atoms with E-state index in [-0.39, 0.29) is 0 Å². The van der Waals surface area contributed by atoms with Gasteiger partial charge in [0.1, 0.15) is 0 Å². The molecule has 1 aliphatic carbocycles. The van der Waals surface area contributed by atoms with E-state index >= 15 is 0 Å². The minimum Gasteiger partial charge on any atom is -0.342 e. The molecule has 18 heavy (non-hydrogen) atoms. The van der Waals surface area contributed by atoms with Gasteiger partial charge in [-0.3, -0.25) is 4.79 Å². The zero-order chi connectivity index (χ0) is 13.4. The van der Waals surface area contributed by atoms with E-state index in [0.717, 1.165) is 38.1 Å². The summed E-state index contributed by atoms with van der Waals surface area (Å²) in [6.07, 6.45) is 5.47. The number of carbonyl (C=O) groups is 1. The lowest BCUT2D eigenvalue weighted by atomic mass is 9.77. The van der Waals surface area contributed by atoms with Gasteiger partial charge >= 0.3 is 0 Å². The summed E-state index contributed by atoms with van der Waals surface area (Å²) < 4.78 is 0. The minimum atomic E-state index is 0.330. The van der Waals surface area contributed by atoms with E-state index < -0.39 is 0 Å². The van der Waals surface area contributed by atoms with E-state index in [2.05, 4.69) is 38.3 Å². The van der Waals surface area contributed by atoms with Crippen LogP contribution in [0.25, 0.3) is 0 Å². The van der Waals surface area contributed by atoms with Crippen LogP contribution in [0.5, 0.6) is 0 Å². The van der Waals surface area contributed by atoms with Crippen LogP contribution in [0.15, 0.2) is 0 Å². The first-order chi connectivity index (χ1) is 8.36. The highest BCUT2D eigenvalue weighted by Crippen LogP contribution is 2.47. The lowest BCUT2D eigenvalue weighted by Crippen LogP contribution is -2.36. The first-order valence-electron chi connectivity index (χ1n) is 7.25. The molecule has 0 aromatic carbocycles. The molecule has 1 aliphatic heterocycles. The first kappa shape index (κ1) is 14.2. The van der Waals surface area contributed by atoms with Gasteiger partial charge in [-0.2, -0.15) is 12.6 Å². The van der Waals surface area contributed by atoms with Crippen LogP contribution in [0, 0.1) is 16.7 Å². The predicted octanol–water partition coefficient (Wildman–Crippen LogP) is 3.37. The Balaban J connectivity index is 1.95. The van der Waals surface area contributed by atoms with Gasteiger partial charge in [0.2, 0.25) is 5.91 Å². The summed E-state index contributed by atoms with van der Waals surface area (Å²) in [6, 6.07) is 0. The summed E-state index contributed by atoms with van der Waals surface area (Å²) in [5.41, 5.74) is 0.692. The van der Waals surface area contributed by atoms with Crippen LogP contribution in [-0.2, 0) is 4.79 Å². The van der Waals surface area contributed by atoms with Crippen LogP contribution < -0.4 is 0 Å². The number of hydrogen-bond acceptors (Lipinski definition) is 2. The number of likely N-dealkylation sites (tertiary alicyclic amines) is 1.